The van der Waals surface area contributed by atoms with E-state index in [9.17, 15) is 18.3 Å². The van der Waals surface area contributed by atoms with Crippen LogP contribution in [0.1, 0.15) is 19.0 Å². The van der Waals surface area contributed by atoms with Crippen molar-refractivity contribution >= 4 is 11.4 Å². The highest BCUT2D eigenvalue weighted by molar-refractivity contribution is 5.69. The van der Waals surface area contributed by atoms with E-state index in [0.29, 0.717) is 44.1 Å². The van der Waals surface area contributed by atoms with Gasteiger partial charge in [0.05, 0.1) is 54.7 Å². The predicted molar refractivity (Wildman–Crippen MR) is 136 cm³/mol. The summed E-state index contributed by atoms with van der Waals surface area (Å²) in [6, 6.07) is 6.10. The molecule has 2 aromatic heterocycles. The lowest BCUT2D eigenvalue weighted by molar-refractivity contribution is 0.0785. The summed E-state index contributed by atoms with van der Waals surface area (Å²) in [7, 11) is 0. The molecule has 202 valence electrons. The van der Waals surface area contributed by atoms with Crippen molar-refractivity contribution in [2.24, 2.45) is 11.7 Å². The van der Waals surface area contributed by atoms with Gasteiger partial charge in [0.1, 0.15) is 35.0 Å². The molecule has 0 saturated carbocycles. The maximum atomic E-state index is 15.0. The third-order valence-electron chi connectivity index (χ3n) is 6.91. The first-order valence-corrected chi connectivity index (χ1v) is 12.6. The number of hydrogen-bond donors (Lipinski definition) is 3. The van der Waals surface area contributed by atoms with Crippen molar-refractivity contribution in [2.45, 2.75) is 38.1 Å². The SMILES string of the molecule is C[C@H]1CN(c2ccncc2NCc2ccc(F)c(-c3c(F)cc(O[C@@H]4CCOC4)cc3F)n2)C[C@@H](N)[C@@H]1O. The Bertz CT molecular complexity index is 1260. The van der Waals surface area contributed by atoms with E-state index in [1.807, 2.05) is 13.0 Å². The van der Waals surface area contributed by atoms with E-state index in [1.54, 1.807) is 12.4 Å². The molecule has 38 heavy (non-hydrogen) atoms. The van der Waals surface area contributed by atoms with Crippen molar-refractivity contribution in [3.8, 4) is 17.0 Å². The first-order valence-electron chi connectivity index (χ1n) is 12.6. The molecular weight excluding hydrogens is 499 g/mol. The molecule has 0 amide bonds. The zero-order chi connectivity index (χ0) is 26.8. The Morgan fingerprint density at radius 3 is 2.66 bits per heavy atom. The van der Waals surface area contributed by atoms with Gasteiger partial charge in [-0.1, -0.05) is 6.92 Å². The van der Waals surface area contributed by atoms with Gasteiger partial charge in [0.15, 0.2) is 0 Å². The normalized spacial score (nSPS) is 23.5. The van der Waals surface area contributed by atoms with Gasteiger partial charge in [-0.2, -0.15) is 0 Å². The van der Waals surface area contributed by atoms with Crippen LogP contribution in [0, 0.1) is 23.4 Å². The van der Waals surface area contributed by atoms with E-state index in [1.165, 1.54) is 6.07 Å². The van der Waals surface area contributed by atoms with Gasteiger partial charge in [0.25, 0.3) is 0 Å². The lowest BCUT2D eigenvalue weighted by Crippen LogP contribution is -2.55. The Kier molecular flexibility index (Phi) is 7.68. The van der Waals surface area contributed by atoms with Gasteiger partial charge < -0.3 is 30.5 Å². The summed E-state index contributed by atoms with van der Waals surface area (Å²) in [6.07, 6.45) is 3.07. The molecular formula is C27H30F3N5O3. The highest BCUT2D eigenvalue weighted by Crippen LogP contribution is 2.32. The Hall–Kier alpha value is -3.41. The van der Waals surface area contributed by atoms with Crippen molar-refractivity contribution in [2.75, 3.05) is 36.5 Å². The highest BCUT2D eigenvalue weighted by Gasteiger charge is 2.31. The molecule has 0 unspecified atom stereocenters. The Morgan fingerprint density at radius 2 is 1.95 bits per heavy atom. The molecule has 0 bridgehead atoms. The summed E-state index contributed by atoms with van der Waals surface area (Å²) in [5.74, 6) is -2.79. The molecule has 4 heterocycles. The van der Waals surface area contributed by atoms with Crippen LogP contribution in [0.25, 0.3) is 11.3 Å². The summed E-state index contributed by atoms with van der Waals surface area (Å²) in [4.78, 5) is 10.5. The number of nitrogens with zero attached hydrogens (tertiary/aromatic N) is 3. The second kappa shape index (κ2) is 11.1. The summed E-state index contributed by atoms with van der Waals surface area (Å²) in [6.45, 7) is 4.04. The average molecular weight is 530 g/mol. The standard InChI is InChI=1S/C27H30F3N5O3/c1-15-12-35(13-22(31)27(15)36)24-4-6-32-11-23(24)33-10-16-2-3-19(28)26(34-16)25-20(29)8-18(9-21(25)30)38-17-5-7-37-14-17/h2-4,6,8-9,11,15,17,22,27,33,36H,5,7,10,12-14,31H2,1H3/t15-,17+,22+,27+/m0/s1. The van der Waals surface area contributed by atoms with Crippen LogP contribution < -0.4 is 20.7 Å². The predicted octanol–water partition coefficient (Wildman–Crippen LogP) is 3.49. The van der Waals surface area contributed by atoms with Crippen molar-refractivity contribution < 1.29 is 27.8 Å². The molecule has 3 aromatic rings. The molecule has 5 rings (SSSR count). The molecule has 2 aliphatic heterocycles. The van der Waals surface area contributed by atoms with E-state index in [4.69, 9.17) is 15.2 Å². The molecule has 1 aromatic carbocycles. The lowest BCUT2D eigenvalue weighted by Gasteiger charge is -2.40. The number of pyridine rings is 2. The van der Waals surface area contributed by atoms with E-state index >= 15 is 0 Å². The van der Waals surface area contributed by atoms with E-state index in [2.05, 4.69) is 20.2 Å². The van der Waals surface area contributed by atoms with E-state index in [-0.39, 0.29) is 24.3 Å². The number of ether oxygens (including phenoxy) is 2. The zero-order valence-corrected chi connectivity index (χ0v) is 20.9. The van der Waals surface area contributed by atoms with Crippen LogP contribution in [0.5, 0.6) is 5.75 Å². The average Bonchev–Trinajstić information content (AvgIpc) is 3.40. The molecule has 0 radical (unpaired) electrons. The number of nitrogens with one attached hydrogen (secondary N) is 1. The van der Waals surface area contributed by atoms with Gasteiger partial charge in [-0.3, -0.25) is 4.98 Å². The molecule has 11 heteroatoms. The van der Waals surface area contributed by atoms with Crippen LogP contribution in [0.4, 0.5) is 24.5 Å². The fraction of sp³-hybridized carbons (Fsp3) is 0.407. The molecule has 0 aliphatic carbocycles. The fourth-order valence-corrected chi connectivity index (χ4v) is 4.89. The van der Waals surface area contributed by atoms with E-state index < -0.39 is 40.9 Å². The smallest absolute Gasteiger partial charge is 0.149 e. The second-order valence-corrected chi connectivity index (χ2v) is 9.78. The van der Waals surface area contributed by atoms with Crippen molar-refractivity contribution in [1.29, 1.82) is 0 Å². The number of aliphatic hydroxyl groups is 1. The second-order valence-electron chi connectivity index (χ2n) is 9.78. The minimum Gasteiger partial charge on any atom is -0.488 e. The van der Waals surface area contributed by atoms with Crippen LogP contribution in [-0.2, 0) is 11.3 Å². The van der Waals surface area contributed by atoms with Gasteiger partial charge in [0, 0.05) is 49.8 Å². The number of hydrogen-bond acceptors (Lipinski definition) is 8. The molecule has 4 atom stereocenters. The lowest BCUT2D eigenvalue weighted by atomic mass is 9.92. The number of benzene rings is 1. The third-order valence-corrected chi connectivity index (χ3v) is 6.91. The number of nitrogens with two attached hydrogens (primary N) is 1. The number of anilines is 2. The Balaban J connectivity index is 1.35. The van der Waals surface area contributed by atoms with Gasteiger partial charge in [-0.05, 0) is 18.2 Å². The largest absolute Gasteiger partial charge is 0.488 e. The molecule has 2 aliphatic rings. The number of rotatable bonds is 7. The van der Waals surface area contributed by atoms with Gasteiger partial charge in [0.2, 0.25) is 0 Å². The van der Waals surface area contributed by atoms with Crippen LogP contribution >= 0.6 is 0 Å². The Morgan fingerprint density at radius 1 is 1.16 bits per heavy atom. The number of piperidine rings is 1. The minimum atomic E-state index is -0.970. The van der Waals surface area contributed by atoms with Crippen LogP contribution in [0.3, 0.4) is 0 Å². The fourth-order valence-electron chi connectivity index (χ4n) is 4.89. The van der Waals surface area contributed by atoms with Crippen LogP contribution in [-0.4, -0.2) is 59.6 Å². The first kappa shape index (κ1) is 26.2. The summed E-state index contributed by atoms with van der Waals surface area (Å²) < 4.78 is 55.5. The zero-order valence-electron chi connectivity index (χ0n) is 20.9. The van der Waals surface area contributed by atoms with Crippen molar-refractivity contribution in [3.63, 3.8) is 0 Å². The monoisotopic (exact) mass is 529 g/mol. The number of aliphatic hydroxyl groups excluding tert-OH is 1. The molecule has 2 fully saturated rings. The molecule has 2 saturated heterocycles. The summed E-state index contributed by atoms with van der Waals surface area (Å²) >= 11 is 0. The van der Waals surface area contributed by atoms with E-state index in [0.717, 1.165) is 23.9 Å². The molecule has 0 spiro atoms. The maximum Gasteiger partial charge on any atom is 0.149 e. The van der Waals surface area contributed by atoms with Crippen LogP contribution in [0.2, 0.25) is 0 Å². The topological polar surface area (TPSA) is 106 Å². The van der Waals surface area contributed by atoms with Gasteiger partial charge in [-0.25, -0.2) is 18.2 Å². The van der Waals surface area contributed by atoms with Crippen molar-refractivity contribution in [1.82, 2.24) is 9.97 Å². The highest BCUT2D eigenvalue weighted by atomic mass is 19.1. The minimum absolute atomic E-state index is 0.0147. The van der Waals surface area contributed by atoms with Crippen LogP contribution in [0.15, 0.2) is 42.7 Å². The van der Waals surface area contributed by atoms with Gasteiger partial charge >= 0.3 is 0 Å². The number of aromatic nitrogens is 2. The summed E-state index contributed by atoms with van der Waals surface area (Å²) in [5, 5.41) is 13.4. The van der Waals surface area contributed by atoms with Gasteiger partial charge in [-0.15, -0.1) is 0 Å². The summed E-state index contributed by atoms with van der Waals surface area (Å²) in [5.41, 5.74) is 7.04. The van der Waals surface area contributed by atoms with Crippen molar-refractivity contribution in [3.05, 3.63) is 65.9 Å². The maximum absolute atomic E-state index is 15.0. The molecule has 8 nitrogen and oxygen atoms in total. The molecule has 4 N–H and O–H groups in total. The number of halogens is 3. The Labute approximate surface area is 218 Å². The quantitative estimate of drug-likeness (QED) is 0.427. The third kappa shape index (κ3) is 5.54. The first-order chi connectivity index (χ1) is 18.3.